The Kier molecular flexibility index (Phi) is 2.97. The average molecular weight is 189 g/mol. The van der Waals surface area contributed by atoms with Crippen LogP contribution in [0.5, 0.6) is 5.75 Å². The molecule has 0 aliphatic carbocycles. The molecule has 0 radical (unpaired) electrons. The van der Waals surface area contributed by atoms with Crippen LogP contribution in [0.2, 0.25) is 0 Å². The second-order valence-corrected chi connectivity index (χ2v) is 2.50. The highest BCUT2D eigenvalue weighted by Crippen LogP contribution is 2.24. The molecule has 0 aromatic heterocycles. The average Bonchev–Trinajstić information content (AvgIpc) is 2.26. The number of carbonyl (C=O) groups excluding carboxylic acids is 2. The second-order valence-electron chi connectivity index (χ2n) is 2.50. The van der Waals surface area contributed by atoms with Crippen LogP contribution >= 0.6 is 0 Å². The van der Waals surface area contributed by atoms with Crippen molar-refractivity contribution in [2.75, 3.05) is 7.11 Å². The number of nitriles is 1. The molecule has 0 bridgehead atoms. The molecule has 0 atom stereocenters. The first-order valence-corrected chi connectivity index (χ1v) is 3.80. The number of benzene rings is 1. The number of hydrogen-bond acceptors (Lipinski definition) is 4. The minimum atomic E-state index is 0.113. The van der Waals surface area contributed by atoms with Crippen LogP contribution in [0.3, 0.4) is 0 Å². The molecular weight excluding hydrogens is 182 g/mol. The zero-order valence-corrected chi connectivity index (χ0v) is 7.48. The monoisotopic (exact) mass is 189 g/mol. The van der Waals surface area contributed by atoms with E-state index in [0.29, 0.717) is 12.6 Å². The summed E-state index contributed by atoms with van der Waals surface area (Å²) in [4.78, 5) is 21.2. The van der Waals surface area contributed by atoms with Crippen molar-refractivity contribution in [2.45, 2.75) is 0 Å². The van der Waals surface area contributed by atoms with Crippen LogP contribution in [0.4, 0.5) is 0 Å². The third kappa shape index (κ3) is 1.48. The molecule has 0 saturated carbocycles. The largest absolute Gasteiger partial charge is 0.495 e. The molecule has 4 heteroatoms. The quantitative estimate of drug-likeness (QED) is 0.670. The fourth-order valence-electron chi connectivity index (χ4n) is 1.15. The van der Waals surface area contributed by atoms with Gasteiger partial charge in [0.15, 0.2) is 12.6 Å². The number of aldehydes is 2. The Morgan fingerprint density at radius 3 is 2.50 bits per heavy atom. The molecule has 1 aromatic rings. The summed E-state index contributed by atoms with van der Waals surface area (Å²) in [7, 11) is 1.34. The van der Waals surface area contributed by atoms with Gasteiger partial charge in [0.2, 0.25) is 0 Å². The number of methoxy groups -OCH3 is 1. The highest BCUT2D eigenvalue weighted by atomic mass is 16.5. The van der Waals surface area contributed by atoms with E-state index in [9.17, 15) is 9.59 Å². The first-order chi connectivity index (χ1) is 6.78. The molecule has 0 aliphatic rings. The van der Waals surface area contributed by atoms with E-state index in [1.54, 1.807) is 0 Å². The van der Waals surface area contributed by atoms with Crippen molar-refractivity contribution in [3.8, 4) is 11.8 Å². The van der Waals surface area contributed by atoms with Gasteiger partial charge in [-0.15, -0.1) is 0 Å². The van der Waals surface area contributed by atoms with Crippen molar-refractivity contribution in [3.63, 3.8) is 0 Å². The smallest absolute Gasteiger partial charge is 0.154 e. The van der Waals surface area contributed by atoms with Crippen molar-refractivity contribution < 1.29 is 14.3 Å². The minimum absolute atomic E-state index is 0.113. The zero-order valence-electron chi connectivity index (χ0n) is 7.48. The Hall–Kier alpha value is -2.15. The molecule has 0 amide bonds. The lowest BCUT2D eigenvalue weighted by Gasteiger charge is -2.06. The summed E-state index contributed by atoms with van der Waals surface area (Å²) >= 11 is 0. The van der Waals surface area contributed by atoms with Gasteiger partial charge < -0.3 is 4.74 Å². The van der Waals surface area contributed by atoms with Crippen LogP contribution in [0.25, 0.3) is 0 Å². The molecule has 14 heavy (non-hydrogen) atoms. The fourth-order valence-corrected chi connectivity index (χ4v) is 1.15. The Bertz CT molecular complexity index is 418. The van der Waals surface area contributed by atoms with E-state index >= 15 is 0 Å². The van der Waals surface area contributed by atoms with Crippen molar-refractivity contribution in [1.82, 2.24) is 0 Å². The van der Waals surface area contributed by atoms with Gasteiger partial charge in [-0.25, -0.2) is 0 Å². The highest BCUT2D eigenvalue weighted by Gasteiger charge is 2.12. The van der Waals surface area contributed by atoms with Crippen molar-refractivity contribution in [2.24, 2.45) is 0 Å². The van der Waals surface area contributed by atoms with Crippen LogP contribution in [-0.2, 0) is 0 Å². The summed E-state index contributed by atoms with van der Waals surface area (Å²) in [6, 6.07) is 4.73. The summed E-state index contributed by atoms with van der Waals surface area (Å²) in [5, 5.41) is 8.70. The Morgan fingerprint density at radius 1 is 1.36 bits per heavy atom. The molecule has 0 aliphatic heterocycles. The van der Waals surface area contributed by atoms with Gasteiger partial charge in [0.05, 0.1) is 18.2 Å². The van der Waals surface area contributed by atoms with Gasteiger partial charge in [-0.2, -0.15) is 5.26 Å². The molecule has 1 rings (SSSR count). The number of carbonyl (C=O) groups is 2. The van der Waals surface area contributed by atoms with E-state index in [4.69, 9.17) is 10.00 Å². The summed E-state index contributed by atoms with van der Waals surface area (Å²) in [6.07, 6.45) is 1.05. The topological polar surface area (TPSA) is 67.2 Å². The maximum Gasteiger partial charge on any atom is 0.154 e. The summed E-state index contributed by atoms with van der Waals surface area (Å²) in [5.74, 6) is 0.145. The number of hydrogen-bond donors (Lipinski definition) is 0. The molecule has 70 valence electrons. The van der Waals surface area contributed by atoms with Gasteiger partial charge >= 0.3 is 0 Å². The van der Waals surface area contributed by atoms with Gasteiger partial charge in [0.1, 0.15) is 11.8 Å². The van der Waals surface area contributed by atoms with Crippen molar-refractivity contribution in [1.29, 1.82) is 5.26 Å². The normalized spacial score (nSPS) is 8.86. The maximum atomic E-state index is 10.7. The Morgan fingerprint density at radius 2 is 2.07 bits per heavy atom. The lowest BCUT2D eigenvalue weighted by Crippen LogP contribution is -1.98. The van der Waals surface area contributed by atoms with E-state index in [-0.39, 0.29) is 22.4 Å². The number of rotatable bonds is 3. The summed E-state index contributed by atoms with van der Waals surface area (Å²) < 4.78 is 4.89. The van der Waals surface area contributed by atoms with E-state index < -0.39 is 0 Å². The number of ether oxygens (including phenoxy) is 1. The summed E-state index contributed by atoms with van der Waals surface area (Å²) in [5.41, 5.74) is 0.567. The molecule has 0 fully saturated rings. The van der Waals surface area contributed by atoms with Gasteiger partial charge in [-0.05, 0) is 12.1 Å². The fraction of sp³-hybridized carbons (Fsp3) is 0.100. The second kappa shape index (κ2) is 4.19. The van der Waals surface area contributed by atoms with Crippen LogP contribution in [0, 0.1) is 11.3 Å². The molecular formula is C10H7NO3. The van der Waals surface area contributed by atoms with Gasteiger partial charge in [0, 0.05) is 5.56 Å². The third-order valence-electron chi connectivity index (χ3n) is 1.80. The highest BCUT2D eigenvalue weighted by molar-refractivity contribution is 5.94. The Balaban J connectivity index is 3.53. The lowest BCUT2D eigenvalue weighted by molar-refractivity contribution is 0.109. The van der Waals surface area contributed by atoms with Crippen LogP contribution in [0.1, 0.15) is 26.3 Å². The van der Waals surface area contributed by atoms with Crippen LogP contribution in [-0.4, -0.2) is 19.7 Å². The van der Waals surface area contributed by atoms with Crippen molar-refractivity contribution in [3.05, 3.63) is 28.8 Å². The maximum absolute atomic E-state index is 10.7. The SMILES string of the molecule is COc1c(C#N)ccc(C=O)c1C=O. The van der Waals surface area contributed by atoms with E-state index in [1.165, 1.54) is 19.2 Å². The van der Waals surface area contributed by atoms with Gasteiger partial charge in [-0.1, -0.05) is 0 Å². The lowest BCUT2D eigenvalue weighted by atomic mass is 10.0. The van der Waals surface area contributed by atoms with Gasteiger partial charge in [0.25, 0.3) is 0 Å². The van der Waals surface area contributed by atoms with Crippen molar-refractivity contribution >= 4 is 12.6 Å². The molecule has 1 aromatic carbocycles. The van der Waals surface area contributed by atoms with E-state index in [0.717, 1.165) is 0 Å². The molecule has 0 heterocycles. The molecule has 0 saturated heterocycles. The molecule has 0 spiro atoms. The van der Waals surface area contributed by atoms with Crippen LogP contribution in [0.15, 0.2) is 12.1 Å². The minimum Gasteiger partial charge on any atom is -0.495 e. The molecule has 0 unspecified atom stereocenters. The zero-order chi connectivity index (χ0) is 10.6. The third-order valence-corrected chi connectivity index (χ3v) is 1.80. The summed E-state index contributed by atoms with van der Waals surface area (Å²) in [6.45, 7) is 0. The predicted molar refractivity (Wildman–Crippen MR) is 48.5 cm³/mol. The first-order valence-electron chi connectivity index (χ1n) is 3.80. The van der Waals surface area contributed by atoms with Crippen LogP contribution < -0.4 is 4.74 Å². The van der Waals surface area contributed by atoms with Gasteiger partial charge in [-0.3, -0.25) is 9.59 Å². The molecule has 0 N–H and O–H groups in total. The predicted octanol–water partition coefficient (Wildman–Crippen LogP) is 1.19. The first kappa shape index (κ1) is 9.93. The van der Waals surface area contributed by atoms with E-state index in [1.807, 2.05) is 6.07 Å². The Labute approximate surface area is 80.7 Å². The number of nitrogens with zero attached hydrogens (tertiary/aromatic N) is 1. The molecule has 4 nitrogen and oxygen atoms in total. The standard InChI is InChI=1S/C10H7NO3/c1-14-10-7(4-11)2-3-8(5-12)9(10)6-13/h2-3,5-6H,1H3. The van der Waals surface area contributed by atoms with E-state index in [2.05, 4.69) is 0 Å².